The molecule has 1 aromatic heterocycles. The van der Waals surface area contributed by atoms with Crippen LogP contribution < -0.4 is 43.2 Å². The van der Waals surface area contributed by atoms with Gasteiger partial charge in [-0.3, -0.25) is 28.7 Å². The lowest BCUT2D eigenvalue weighted by atomic mass is 9.88. The lowest BCUT2D eigenvalue weighted by Gasteiger charge is -2.22. The number of carbonyl (C=O) groups excluding carboxylic acids is 3. The van der Waals surface area contributed by atoms with Gasteiger partial charge in [0.1, 0.15) is 41.9 Å². The van der Waals surface area contributed by atoms with Crippen molar-refractivity contribution < 1.29 is 104 Å². The van der Waals surface area contributed by atoms with Gasteiger partial charge in [-0.2, -0.15) is 8.62 Å². The molecule has 2 unspecified atom stereocenters. The van der Waals surface area contributed by atoms with Crippen LogP contribution in [-0.4, -0.2) is 173 Å². The molecule has 1 saturated heterocycles. The molecule has 0 radical (unpaired) electrons. The van der Waals surface area contributed by atoms with Crippen LogP contribution in [0, 0.1) is 25.7 Å². The van der Waals surface area contributed by atoms with Gasteiger partial charge in [-0.1, -0.05) is 38.5 Å². The number of fused-ring (bicyclic) bond motifs is 2. The van der Waals surface area contributed by atoms with Crippen molar-refractivity contribution >= 4 is 85.7 Å². The minimum Gasteiger partial charge on any atom is -0.478 e. The molecule has 35 nitrogen and oxygen atoms in total. The van der Waals surface area contributed by atoms with E-state index in [1.165, 1.54) is 22.9 Å². The lowest BCUT2D eigenvalue weighted by Crippen LogP contribution is -2.36. The van der Waals surface area contributed by atoms with Gasteiger partial charge in [0.2, 0.25) is 0 Å². The molecule has 11 N–H and O–H groups in total. The van der Waals surface area contributed by atoms with Crippen LogP contribution in [0.15, 0.2) is 72.8 Å². The number of azide groups is 1. The summed E-state index contributed by atoms with van der Waals surface area (Å²) in [7, 11) is -14.0. The van der Waals surface area contributed by atoms with Gasteiger partial charge in [-0.05, 0) is 120 Å². The number of rotatable bonds is 40. The summed E-state index contributed by atoms with van der Waals surface area (Å²) in [6.07, 6.45) is -0.879. The van der Waals surface area contributed by atoms with Crippen molar-refractivity contribution in [1.29, 1.82) is 0 Å². The second-order valence-corrected chi connectivity index (χ2v) is 29.5. The van der Waals surface area contributed by atoms with Crippen LogP contribution in [0.5, 0.6) is 0 Å². The largest absolute Gasteiger partial charge is 0.490 e. The number of aromatic amines is 1. The number of phosphoric ester groups is 1. The first kappa shape index (κ1) is 80.8. The number of phosphoric acid groups is 3. The van der Waals surface area contributed by atoms with Gasteiger partial charge in [0.25, 0.3) is 11.5 Å². The second-order valence-electron chi connectivity index (χ2n) is 22.1. The fourth-order valence-electron chi connectivity index (χ4n) is 9.57. The third kappa shape index (κ3) is 26.7. The van der Waals surface area contributed by atoms with Crippen LogP contribution in [0.2, 0.25) is 0 Å². The molecular formula is C59H80N11O24P3S2. The van der Waals surface area contributed by atoms with Gasteiger partial charge in [-0.25, -0.2) is 32.9 Å². The predicted octanol–water partition coefficient (Wildman–Crippen LogP) is 7.54. The average molecular weight is 1480 g/mol. The number of amides is 4. The SMILES string of the molecule is CC/N=c1/cc2oc3cc(NCC)c(C)cc3c(-c3cc(C(=O)NCCOCCOCCNC(=O)OCCC(C)(C)SSCOCCCCCNC(=O)NCC#Cc4cn([C@H]5C[C@H](OCN=[N+]=[N-])[C@@H](COP(=O)(O)OP(=O)(O)OP(=O)(O)O)O5)c(=O)[nH]c4=O)ccc3C(=O)O)c-2cc1C. The fraction of sp³-hybridized carbons (Fsp3) is 0.508. The van der Waals surface area contributed by atoms with Crippen molar-refractivity contribution in [3.63, 3.8) is 0 Å². The molecule has 2 aliphatic heterocycles. The number of aromatic nitrogens is 2. The van der Waals surface area contributed by atoms with Crippen molar-refractivity contribution in [2.45, 2.75) is 96.8 Å². The Kier molecular flexibility index (Phi) is 32.0. The molecule has 0 saturated carbocycles. The van der Waals surface area contributed by atoms with Crippen molar-refractivity contribution in [2.24, 2.45) is 10.1 Å². The summed E-state index contributed by atoms with van der Waals surface area (Å²) in [4.78, 5) is 122. The van der Waals surface area contributed by atoms with E-state index in [4.69, 9.17) is 48.2 Å². The Morgan fingerprint density at radius 2 is 1.61 bits per heavy atom. The summed E-state index contributed by atoms with van der Waals surface area (Å²) < 4.78 is 87.6. The van der Waals surface area contributed by atoms with E-state index < -0.39 is 90.5 Å². The Hall–Kier alpha value is -7.13. The van der Waals surface area contributed by atoms with Crippen molar-refractivity contribution in [2.75, 3.05) is 104 Å². The van der Waals surface area contributed by atoms with Crippen molar-refractivity contribution in [1.82, 2.24) is 30.8 Å². The number of nitrogens with zero attached hydrogens (tertiary/aromatic N) is 5. The normalized spacial score (nSPS) is 16.1. The van der Waals surface area contributed by atoms with E-state index in [0.29, 0.717) is 78.4 Å². The first-order valence-corrected chi connectivity index (χ1v) is 37.7. The third-order valence-electron chi connectivity index (χ3n) is 14.1. The lowest BCUT2D eigenvalue weighted by molar-refractivity contribution is -0.0601. The Bertz CT molecular complexity index is 4060. The number of ether oxygens (including phenoxy) is 6. The van der Waals surface area contributed by atoms with E-state index in [9.17, 15) is 57.4 Å². The molecule has 5 atom stereocenters. The maximum absolute atomic E-state index is 13.5. The van der Waals surface area contributed by atoms with E-state index in [0.717, 1.165) is 45.8 Å². The van der Waals surface area contributed by atoms with Crippen LogP contribution >= 0.6 is 45.1 Å². The van der Waals surface area contributed by atoms with E-state index >= 15 is 0 Å². The van der Waals surface area contributed by atoms with Crippen molar-refractivity contribution in [3.05, 3.63) is 113 Å². The molecule has 99 heavy (non-hydrogen) atoms. The van der Waals surface area contributed by atoms with Gasteiger partial charge >= 0.3 is 47.3 Å². The van der Waals surface area contributed by atoms with Crippen LogP contribution in [0.25, 0.3) is 43.9 Å². The third-order valence-corrected chi connectivity index (χ3v) is 21.0. The van der Waals surface area contributed by atoms with E-state index in [-0.39, 0.29) is 80.5 Å². The van der Waals surface area contributed by atoms with Crippen molar-refractivity contribution in [3.8, 4) is 34.3 Å². The number of unbranched alkanes of at least 4 members (excludes halogenated alkanes) is 2. The first-order chi connectivity index (χ1) is 47.0. The maximum Gasteiger partial charge on any atom is 0.490 e. The molecule has 3 aliphatic rings. The van der Waals surface area contributed by atoms with Crippen LogP contribution in [0.3, 0.4) is 0 Å². The van der Waals surface area contributed by atoms with Gasteiger partial charge in [0, 0.05) is 102 Å². The summed E-state index contributed by atoms with van der Waals surface area (Å²) in [6.45, 7) is 13.7. The molecule has 1 aliphatic carbocycles. The molecule has 2 aromatic carbocycles. The number of carbonyl (C=O) groups is 4. The number of carboxylic acid groups (broad SMARTS) is 1. The molecule has 542 valence electrons. The van der Waals surface area contributed by atoms with Crippen LogP contribution in [0.4, 0.5) is 15.3 Å². The second kappa shape index (κ2) is 39.2. The molecule has 4 amide bonds. The quantitative estimate of drug-likeness (QED) is 0.00207. The topological polar surface area (TPSA) is 493 Å². The Labute approximate surface area is 575 Å². The predicted molar refractivity (Wildman–Crippen MR) is 364 cm³/mol. The molecule has 3 aromatic rings. The monoisotopic (exact) mass is 1480 g/mol. The summed E-state index contributed by atoms with van der Waals surface area (Å²) in [6, 6.07) is 11.7. The molecular weight excluding hydrogens is 1400 g/mol. The minimum absolute atomic E-state index is 0.0254. The summed E-state index contributed by atoms with van der Waals surface area (Å²) >= 11 is 0. The molecule has 0 bridgehead atoms. The number of anilines is 1. The number of urea groups is 1. The molecule has 3 heterocycles. The maximum atomic E-state index is 13.5. The minimum atomic E-state index is -5.84. The van der Waals surface area contributed by atoms with Gasteiger partial charge in [-0.15, -0.1) is 0 Å². The smallest absolute Gasteiger partial charge is 0.478 e. The highest BCUT2D eigenvalue weighted by molar-refractivity contribution is 8.77. The number of aromatic carboxylic acids is 1. The Balaban J connectivity index is 0.790. The number of alkyl carbamates (subject to hydrolysis) is 1. The standard InChI is InChI=1S/C59H80N11O24P3S2/c1-7-61-45-30-47-43(27-37(45)3)52(44-28-38(4)46(62-8-2)31-48(44)91-47)42-29-39(14-15-41(42)55(73)74)53(71)63-19-23-85-25-26-86-24-20-66-58(77)88-22-16-59(5,6)99-98-36-87-21-11-9-10-17-64-56(75)65-18-12-13-40-33-70(57(76)68-54(40)72)51-32-49(89-35-67-69-60)50(92-51)34-90-96(81,82)94-97(83,84)93-95(78,79)80/h14-15,27-31,33,49-51,61H,7-11,16-26,32,34-36H2,1-6H3,(H,63,71)(H,66,77)(H,73,74)(H,81,82)(H,83,84)(H2,64,65,75)(H,68,72,76)(H2,78,79,80)/b62-46-/t49-,50+,51+/m0/s1. The van der Waals surface area contributed by atoms with E-state index in [2.05, 4.69) is 71.6 Å². The zero-order valence-corrected chi connectivity index (χ0v) is 59.2. The zero-order chi connectivity index (χ0) is 72.3. The fourth-order valence-corrected chi connectivity index (χ4v) is 14.9. The first-order valence-electron chi connectivity index (χ1n) is 30.8. The average Bonchev–Trinajstić information content (AvgIpc) is 1.29. The summed E-state index contributed by atoms with van der Waals surface area (Å²) in [5.41, 5.74) is 11.7. The molecule has 6 rings (SSSR count). The number of aryl methyl sites for hydroxylation is 2. The van der Waals surface area contributed by atoms with Gasteiger partial charge in [0.15, 0.2) is 0 Å². The Morgan fingerprint density at radius 3 is 2.31 bits per heavy atom. The highest BCUT2D eigenvalue weighted by atomic mass is 33.1. The molecule has 1 fully saturated rings. The van der Waals surface area contributed by atoms with E-state index in [1.54, 1.807) is 16.9 Å². The zero-order valence-electron chi connectivity index (χ0n) is 54.9. The number of hydrogen-bond acceptors (Lipinski definition) is 24. The molecule has 0 spiro atoms. The summed E-state index contributed by atoms with van der Waals surface area (Å²) in [5.74, 6) is 4.53. The number of carboxylic acids is 1. The van der Waals surface area contributed by atoms with E-state index in [1.807, 2.05) is 65.8 Å². The van der Waals surface area contributed by atoms with Crippen LogP contribution in [0.1, 0.15) is 103 Å². The number of H-pyrrole nitrogens is 1. The number of nitrogens with one attached hydrogen (secondary N) is 6. The number of benzene rings is 3. The highest BCUT2D eigenvalue weighted by Crippen LogP contribution is 2.66. The van der Waals surface area contributed by atoms with Gasteiger partial charge in [0.05, 0.1) is 63.2 Å². The Morgan fingerprint density at radius 1 is 0.859 bits per heavy atom. The number of hydrogen-bond donors (Lipinski definition) is 11. The molecule has 40 heteroatoms. The van der Waals surface area contributed by atoms with Crippen LogP contribution in [-0.2, 0) is 55.3 Å². The van der Waals surface area contributed by atoms with Gasteiger partial charge < -0.3 is 84.1 Å². The highest BCUT2D eigenvalue weighted by Gasteiger charge is 2.44. The summed E-state index contributed by atoms with van der Waals surface area (Å²) in [5, 5.41) is 29.2.